The molecule has 0 amide bonds. The number of likely N-dealkylation sites (N-methyl/N-ethyl adjacent to an activating group) is 1. The Morgan fingerprint density at radius 1 is 1.33 bits per heavy atom. The van der Waals surface area contributed by atoms with Crippen LogP contribution in [0.2, 0.25) is 0 Å². The fraction of sp³-hybridized carbons (Fsp3) is 0.615. The lowest BCUT2D eigenvalue weighted by molar-refractivity contribution is 0.442. The van der Waals surface area contributed by atoms with Crippen LogP contribution in [0.25, 0.3) is 0 Å². The molecule has 1 aromatic rings. The highest BCUT2D eigenvalue weighted by molar-refractivity contribution is 5.16. The zero-order valence-electron chi connectivity index (χ0n) is 10.2. The summed E-state index contributed by atoms with van der Waals surface area (Å²) in [5, 5.41) is 3.51. The van der Waals surface area contributed by atoms with Gasteiger partial charge in [-0.2, -0.15) is 0 Å². The van der Waals surface area contributed by atoms with E-state index in [-0.39, 0.29) is 0 Å². The molecule has 0 aliphatic heterocycles. The molecule has 84 valence electrons. The number of nitrogens with one attached hydrogen (secondary N) is 1. The number of rotatable bonds is 5. The van der Waals surface area contributed by atoms with E-state index in [1.54, 1.807) is 0 Å². The number of aromatic nitrogens is 1. The van der Waals surface area contributed by atoms with Gasteiger partial charge in [0.2, 0.25) is 0 Å². The van der Waals surface area contributed by atoms with Crippen molar-refractivity contribution in [3.05, 3.63) is 29.6 Å². The van der Waals surface area contributed by atoms with Gasteiger partial charge in [-0.15, -0.1) is 0 Å². The van der Waals surface area contributed by atoms with E-state index in [0.29, 0.717) is 12.0 Å². The van der Waals surface area contributed by atoms with Gasteiger partial charge in [0.25, 0.3) is 0 Å². The van der Waals surface area contributed by atoms with Gasteiger partial charge in [-0.25, -0.2) is 0 Å². The van der Waals surface area contributed by atoms with E-state index >= 15 is 0 Å². The van der Waals surface area contributed by atoms with Crippen LogP contribution < -0.4 is 5.32 Å². The van der Waals surface area contributed by atoms with Gasteiger partial charge >= 0.3 is 0 Å². The van der Waals surface area contributed by atoms with Crippen molar-refractivity contribution in [1.82, 2.24) is 10.3 Å². The van der Waals surface area contributed by atoms with Crippen molar-refractivity contribution in [2.75, 3.05) is 6.54 Å². The fourth-order valence-electron chi connectivity index (χ4n) is 1.89. The smallest absolute Gasteiger partial charge is 0.0447 e. The van der Waals surface area contributed by atoms with Crippen molar-refractivity contribution in [1.29, 1.82) is 0 Å². The Labute approximate surface area is 93.1 Å². The summed E-state index contributed by atoms with van der Waals surface area (Å²) < 4.78 is 0. The van der Waals surface area contributed by atoms with Crippen LogP contribution in [-0.4, -0.2) is 17.6 Å². The molecule has 1 aromatic heterocycles. The maximum absolute atomic E-state index is 4.49. The molecule has 0 saturated heterocycles. The van der Waals surface area contributed by atoms with Crippen molar-refractivity contribution < 1.29 is 0 Å². The molecule has 0 fully saturated rings. The zero-order valence-corrected chi connectivity index (χ0v) is 10.2. The summed E-state index contributed by atoms with van der Waals surface area (Å²) in [5.74, 6) is 0.482. The number of nitrogens with zero attached hydrogens (tertiary/aromatic N) is 1. The molecule has 0 bridgehead atoms. The second-order valence-corrected chi connectivity index (χ2v) is 4.12. The second kappa shape index (κ2) is 5.86. The number of pyridine rings is 1. The molecule has 0 radical (unpaired) electrons. The standard InChI is InChI=1S/C13H22N2/c1-5-12(14-6-2)11(4)13-8-7-10(3)9-15-13/h7-9,11-12,14H,5-6H2,1-4H3. The van der Waals surface area contributed by atoms with E-state index in [1.807, 2.05) is 6.20 Å². The van der Waals surface area contributed by atoms with E-state index in [4.69, 9.17) is 0 Å². The molecule has 1 N–H and O–H groups in total. The van der Waals surface area contributed by atoms with Gasteiger partial charge in [-0.3, -0.25) is 4.98 Å². The van der Waals surface area contributed by atoms with Crippen molar-refractivity contribution in [2.45, 2.75) is 46.1 Å². The number of hydrogen-bond acceptors (Lipinski definition) is 2. The van der Waals surface area contributed by atoms with Crippen LogP contribution in [0, 0.1) is 6.92 Å². The van der Waals surface area contributed by atoms with Crippen LogP contribution in [0.1, 0.15) is 44.4 Å². The largest absolute Gasteiger partial charge is 0.314 e. The Kier molecular flexibility index (Phi) is 4.76. The molecular weight excluding hydrogens is 184 g/mol. The average molecular weight is 206 g/mol. The highest BCUT2D eigenvalue weighted by Gasteiger charge is 2.16. The molecule has 0 aromatic carbocycles. The van der Waals surface area contributed by atoms with E-state index < -0.39 is 0 Å². The van der Waals surface area contributed by atoms with Crippen molar-refractivity contribution in [3.63, 3.8) is 0 Å². The third kappa shape index (κ3) is 3.31. The summed E-state index contributed by atoms with van der Waals surface area (Å²) in [5.41, 5.74) is 2.41. The van der Waals surface area contributed by atoms with Gasteiger partial charge in [0.05, 0.1) is 0 Å². The molecule has 2 heteroatoms. The minimum absolute atomic E-state index is 0.482. The average Bonchev–Trinajstić information content (AvgIpc) is 2.26. The van der Waals surface area contributed by atoms with Crippen LogP contribution in [0.5, 0.6) is 0 Å². The maximum Gasteiger partial charge on any atom is 0.0447 e. The second-order valence-electron chi connectivity index (χ2n) is 4.12. The molecule has 0 saturated carbocycles. The third-order valence-corrected chi connectivity index (χ3v) is 2.91. The van der Waals surface area contributed by atoms with Crippen LogP contribution in [0.3, 0.4) is 0 Å². The van der Waals surface area contributed by atoms with Crippen LogP contribution in [0.15, 0.2) is 18.3 Å². The predicted molar refractivity (Wildman–Crippen MR) is 65.1 cm³/mol. The topological polar surface area (TPSA) is 24.9 Å². The summed E-state index contributed by atoms with van der Waals surface area (Å²) in [6, 6.07) is 4.81. The Bertz CT molecular complexity index is 279. The van der Waals surface area contributed by atoms with Crippen molar-refractivity contribution >= 4 is 0 Å². The van der Waals surface area contributed by atoms with Gasteiger partial charge in [0.15, 0.2) is 0 Å². The van der Waals surface area contributed by atoms with E-state index in [2.05, 4.69) is 50.1 Å². The maximum atomic E-state index is 4.49. The van der Waals surface area contributed by atoms with Gasteiger partial charge in [0.1, 0.15) is 0 Å². The SMILES string of the molecule is CCNC(CC)C(C)c1ccc(C)cn1. The first kappa shape index (κ1) is 12.2. The van der Waals surface area contributed by atoms with E-state index in [0.717, 1.165) is 13.0 Å². The highest BCUT2D eigenvalue weighted by atomic mass is 14.9. The highest BCUT2D eigenvalue weighted by Crippen LogP contribution is 2.19. The summed E-state index contributed by atoms with van der Waals surface area (Å²) >= 11 is 0. The minimum atomic E-state index is 0.482. The Hall–Kier alpha value is -0.890. The zero-order chi connectivity index (χ0) is 11.3. The third-order valence-electron chi connectivity index (χ3n) is 2.91. The lowest BCUT2D eigenvalue weighted by atomic mass is 9.95. The van der Waals surface area contributed by atoms with Crippen molar-refractivity contribution in [3.8, 4) is 0 Å². The summed E-state index contributed by atoms with van der Waals surface area (Å²) in [7, 11) is 0. The van der Waals surface area contributed by atoms with Gasteiger partial charge < -0.3 is 5.32 Å². The molecule has 2 atom stereocenters. The molecule has 0 aliphatic carbocycles. The number of aryl methyl sites for hydroxylation is 1. The van der Waals surface area contributed by atoms with Crippen LogP contribution >= 0.6 is 0 Å². The molecule has 2 nitrogen and oxygen atoms in total. The van der Waals surface area contributed by atoms with Crippen molar-refractivity contribution in [2.24, 2.45) is 0 Å². The van der Waals surface area contributed by atoms with Crippen LogP contribution in [0.4, 0.5) is 0 Å². The lowest BCUT2D eigenvalue weighted by Gasteiger charge is -2.23. The van der Waals surface area contributed by atoms with Crippen LogP contribution in [-0.2, 0) is 0 Å². The monoisotopic (exact) mass is 206 g/mol. The Balaban J connectivity index is 2.73. The first-order valence-electron chi connectivity index (χ1n) is 5.85. The summed E-state index contributed by atoms with van der Waals surface area (Å²) in [6.07, 6.45) is 3.09. The molecule has 15 heavy (non-hydrogen) atoms. The van der Waals surface area contributed by atoms with E-state index in [1.165, 1.54) is 11.3 Å². The molecule has 1 heterocycles. The van der Waals surface area contributed by atoms with Gasteiger partial charge in [-0.1, -0.05) is 26.8 Å². The van der Waals surface area contributed by atoms with E-state index in [9.17, 15) is 0 Å². The summed E-state index contributed by atoms with van der Waals surface area (Å²) in [4.78, 5) is 4.49. The normalized spacial score (nSPS) is 14.9. The lowest BCUT2D eigenvalue weighted by Crippen LogP contribution is -2.33. The molecule has 2 unspecified atom stereocenters. The minimum Gasteiger partial charge on any atom is -0.314 e. The predicted octanol–water partition coefficient (Wildman–Crippen LogP) is 2.88. The number of hydrogen-bond donors (Lipinski definition) is 1. The summed E-state index contributed by atoms with van der Waals surface area (Å²) in [6.45, 7) is 9.71. The molecule has 0 aliphatic rings. The fourth-order valence-corrected chi connectivity index (χ4v) is 1.89. The molecule has 1 rings (SSSR count). The first-order chi connectivity index (χ1) is 7.19. The molecular formula is C13H22N2. The van der Waals surface area contributed by atoms with Gasteiger partial charge in [-0.05, 0) is 31.5 Å². The quantitative estimate of drug-likeness (QED) is 0.801. The van der Waals surface area contributed by atoms with Gasteiger partial charge in [0, 0.05) is 23.9 Å². The Morgan fingerprint density at radius 2 is 2.07 bits per heavy atom. The first-order valence-corrected chi connectivity index (χ1v) is 5.85. The Morgan fingerprint density at radius 3 is 2.53 bits per heavy atom. The molecule has 0 spiro atoms.